The van der Waals surface area contributed by atoms with Gasteiger partial charge in [0.25, 0.3) is 5.91 Å². The molecule has 1 aromatic carbocycles. The molecule has 0 aliphatic heterocycles. The van der Waals surface area contributed by atoms with Crippen molar-refractivity contribution in [2.75, 3.05) is 0 Å². The van der Waals surface area contributed by atoms with E-state index in [1.807, 2.05) is 12.1 Å². The van der Waals surface area contributed by atoms with E-state index in [1.54, 1.807) is 35.0 Å². The average molecular weight is 299 g/mol. The van der Waals surface area contributed by atoms with Crippen LogP contribution in [0, 0.1) is 0 Å². The van der Waals surface area contributed by atoms with Gasteiger partial charge in [-0.05, 0) is 30.5 Å². The third kappa shape index (κ3) is 2.39. The predicted octanol–water partition coefficient (Wildman–Crippen LogP) is 2.92. The molecule has 1 amide bonds. The number of nitrogens with zero attached hydrogens (tertiary/aromatic N) is 3. The monoisotopic (exact) mass is 298 g/mol. The highest BCUT2D eigenvalue weighted by Crippen LogP contribution is 2.25. The number of carbonyl (C=O) groups is 1. The summed E-state index contributed by atoms with van der Waals surface area (Å²) in [7, 11) is 0. The maximum Gasteiger partial charge on any atom is 0.276 e. The van der Waals surface area contributed by atoms with Crippen molar-refractivity contribution in [2.24, 2.45) is 0 Å². The van der Waals surface area contributed by atoms with Gasteiger partial charge in [0.2, 0.25) is 0 Å². The number of fused-ring (bicyclic) bond motifs is 1. The minimum atomic E-state index is -0.333. The molecule has 0 saturated heterocycles. The topological polar surface area (TPSA) is 59.3 Å². The molecule has 2 heterocycles. The van der Waals surface area contributed by atoms with Gasteiger partial charge in [-0.2, -0.15) is 5.10 Å². The van der Waals surface area contributed by atoms with E-state index in [4.69, 9.17) is 11.6 Å². The number of nitrogens with one attached hydrogen (secondary N) is 1. The zero-order valence-electron chi connectivity index (χ0n) is 11.0. The van der Waals surface area contributed by atoms with E-state index >= 15 is 0 Å². The van der Waals surface area contributed by atoms with E-state index in [-0.39, 0.29) is 11.6 Å². The first kappa shape index (κ1) is 13.3. The smallest absolute Gasteiger partial charge is 0.276 e. The van der Waals surface area contributed by atoms with Crippen LogP contribution in [0.5, 0.6) is 0 Å². The molecule has 2 aromatic heterocycles. The second-order valence-electron chi connectivity index (χ2n) is 4.29. The molecule has 0 aliphatic carbocycles. The lowest BCUT2D eigenvalue weighted by Gasteiger charge is -2.04. The minimum absolute atomic E-state index is 0.288. The molecule has 3 rings (SSSR count). The fraction of sp³-hybridized carbons (Fsp3) is 0. The Labute approximate surface area is 125 Å². The van der Waals surface area contributed by atoms with Crippen molar-refractivity contribution in [3.05, 3.63) is 66.1 Å². The number of benzene rings is 1. The highest BCUT2D eigenvalue weighted by Gasteiger charge is 2.20. The van der Waals surface area contributed by atoms with Gasteiger partial charge >= 0.3 is 0 Å². The van der Waals surface area contributed by atoms with Crippen LogP contribution >= 0.6 is 11.6 Å². The zero-order chi connectivity index (χ0) is 14.8. The third-order valence-electron chi connectivity index (χ3n) is 2.96. The Morgan fingerprint density at radius 1 is 1.29 bits per heavy atom. The Bertz CT molecular complexity index is 823. The van der Waals surface area contributed by atoms with Crippen molar-refractivity contribution in [1.82, 2.24) is 19.9 Å². The second kappa shape index (κ2) is 5.38. The first-order chi connectivity index (χ1) is 10.2. The normalized spacial score (nSPS) is 10.5. The second-order valence-corrected chi connectivity index (χ2v) is 4.72. The molecule has 104 valence electrons. The summed E-state index contributed by atoms with van der Waals surface area (Å²) in [5.74, 6) is -0.333. The number of hydrogen-bond donors (Lipinski definition) is 1. The van der Waals surface area contributed by atoms with E-state index in [0.717, 1.165) is 5.56 Å². The summed E-state index contributed by atoms with van der Waals surface area (Å²) in [6.45, 7) is 3.49. The van der Waals surface area contributed by atoms with E-state index in [9.17, 15) is 4.79 Å². The molecule has 0 spiro atoms. The minimum Gasteiger partial charge on any atom is -0.328 e. The SMILES string of the molecule is C=CNC(=O)c1nc2cccnn2c1-c1ccc(Cl)cc1. The van der Waals surface area contributed by atoms with Crippen LogP contribution in [0.25, 0.3) is 16.9 Å². The quantitative estimate of drug-likeness (QED) is 0.809. The summed E-state index contributed by atoms with van der Waals surface area (Å²) in [5.41, 5.74) is 2.30. The van der Waals surface area contributed by atoms with E-state index in [1.165, 1.54) is 6.20 Å². The number of hydrogen-bond acceptors (Lipinski definition) is 3. The van der Waals surface area contributed by atoms with Crippen LogP contribution in [0.15, 0.2) is 55.4 Å². The average Bonchev–Trinajstić information content (AvgIpc) is 2.88. The lowest BCUT2D eigenvalue weighted by molar-refractivity contribution is 0.0966. The maximum atomic E-state index is 12.2. The van der Waals surface area contributed by atoms with Crippen LogP contribution in [-0.2, 0) is 0 Å². The molecule has 5 nitrogen and oxygen atoms in total. The molecule has 21 heavy (non-hydrogen) atoms. The van der Waals surface area contributed by atoms with Crippen molar-refractivity contribution in [3.63, 3.8) is 0 Å². The molecule has 1 N–H and O–H groups in total. The zero-order valence-corrected chi connectivity index (χ0v) is 11.7. The molecule has 0 saturated carbocycles. The van der Waals surface area contributed by atoms with Crippen LogP contribution < -0.4 is 5.32 Å². The highest BCUT2D eigenvalue weighted by atomic mass is 35.5. The van der Waals surface area contributed by atoms with Crippen molar-refractivity contribution in [1.29, 1.82) is 0 Å². The van der Waals surface area contributed by atoms with E-state index in [2.05, 4.69) is 22.0 Å². The van der Waals surface area contributed by atoms with Gasteiger partial charge in [0, 0.05) is 16.8 Å². The molecular weight excluding hydrogens is 288 g/mol. The summed E-state index contributed by atoms with van der Waals surface area (Å²) in [6.07, 6.45) is 2.97. The van der Waals surface area contributed by atoms with Gasteiger partial charge in [0.15, 0.2) is 11.3 Å². The molecule has 0 unspecified atom stereocenters. The first-order valence-electron chi connectivity index (χ1n) is 6.22. The Morgan fingerprint density at radius 3 is 2.76 bits per heavy atom. The Morgan fingerprint density at radius 2 is 2.05 bits per heavy atom. The fourth-order valence-corrected chi connectivity index (χ4v) is 2.20. The first-order valence-corrected chi connectivity index (χ1v) is 6.60. The molecular formula is C15H11ClN4O. The molecule has 6 heteroatoms. The maximum absolute atomic E-state index is 12.2. The van der Waals surface area contributed by atoms with E-state index < -0.39 is 0 Å². The Hall–Kier alpha value is -2.66. The Kier molecular flexibility index (Phi) is 3.41. The van der Waals surface area contributed by atoms with Crippen LogP contribution in [0.4, 0.5) is 0 Å². The van der Waals surface area contributed by atoms with Crippen LogP contribution in [0.1, 0.15) is 10.5 Å². The summed E-state index contributed by atoms with van der Waals surface area (Å²) in [6, 6.07) is 10.7. The largest absolute Gasteiger partial charge is 0.328 e. The number of imidazole rings is 1. The number of rotatable bonds is 3. The fourth-order valence-electron chi connectivity index (χ4n) is 2.07. The molecule has 0 bridgehead atoms. The molecule has 0 radical (unpaired) electrons. The van der Waals surface area contributed by atoms with Gasteiger partial charge in [-0.15, -0.1) is 0 Å². The van der Waals surface area contributed by atoms with Gasteiger partial charge in [0.05, 0.1) is 0 Å². The summed E-state index contributed by atoms with van der Waals surface area (Å²) in [4.78, 5) is 16.5. The van der Waals surface area contributed by atoms with Crippen LogP contribution in [0.3, 0.4) is 0 Å². The van der Waals surface area contributed by atoms with Gasteiger partial charge < -0.3 is 5.32 Å². The number of halogens is 1. The van der Waals surface area contributed by atoms with Crippen LogP contribution in [-0.4, -0.2) is 20.5 Å². The standard InChI is InChI=1S/C15H11ClN4O/c1-2-17-15(21)13-14(10-5-7-11(16)8-6-10)20-12(19-13)4-3-9-18-20/h2-9H,1H2,(H,17,21). The molecule has 0 aliphatic rings. The van der Waals surface area contributed by atoms with Crippen molar-refractivity contribution in [3.8, 4) is 11.3 Å². The van der Waals surface area contributed by atoms with Gasteiger partial charge in [0.1, 0.15) is 5.69 Å². The lowest BCUT2D eigenvalue weighted by atomic mass is 10.1. The number of aromatic nitrogens is 3. The van der Waals surface area contributed by atoms with Gasteiger partial charge in [-0.3, -0.25) is 4.79 Å². The van der Waals surface area contributed by atoms with Gasteiger partial charge in [-0.1, -0.05) is 30.3 Å². The van der Waals surface area contributed by atoms with Crippen molar-refractivity contribution >= 4 is 23.2 Å². The Balaban J connectivity index is 2.27. The number of amides is 1. The number of carbonyl (C=O) groups excluding carboxylic acids is 1. The third-order valence-corrected chi connectivity index (χ3v) is 3.21. The lowest BCUT2D eigenvalue weighted by Crippen LogP contribution is -2.18. The summed E-state index contributed by atoms with van der Waals surface area (Å²) >= 11 is 5.91. The molecule has 0 fully saturated rings. The van der Waals surface area contributed by atoms with Crippen molar-refractivity contribution in [2.45, 2.75) is 0 Å². The van der Waals surface area contributed by atoms with Crippen LogP contribution in [0.2, 0.25) is 5.02 Å². The molecule has 0 atom stereocenters. The van der Waals surface area contributed by atoms with Gasteiger partial charge in [-0.25, -0.2) is 9.50 Å². The summed E-state index contributed by atoms with van der Waals surface area (Å²) < 4.78 is 1.63. The molecule has 3 aromatic rings. The predicted molar refractivity (Wildman–Crippen MR) is 81.1 cm³/mol. The highest BCUT2D eigenvalue weighted by molar-refractivity contribution is 6.30. The van der Waals surface area contributed by atoms with Crippen molar-refractivity contribution < 1.29 is 4.79 Å². The summed E-state index contributed by atoms with van der Waals surface area (Å²) in [5, 5.41) is 7.42. The van der Waals surface area contributed by atoms with E-state index in [0.29, 0.717) is 16.4 Å².